The molecule has 15 amide bonds. The summed E-state index contributed by atoms with van der Waals surface area (Å²) in [7, 11) is 0. The number of carboxylic acids is 4. The fourth-order valence-corrected chi connectivity index (χ4v) is 10.5. The van der Waals surface area contributed by atoms with Crippen molar-refractivity contribution < 1.29 is 122 Å². The van der Waals surface area contributed by atoms with Crippen molar-refractivity contribution in [3.05, 3.63) is 65.7 Å². The summed E-state index contributed by atoms with van der Waals surface area (Å²) >= 11 is 1.18. The number of nitrogens with two attached hydrogens (primary N) is 4. The molecule has 112 heavy (non-hydrogen) atoms. The Morgan fingerprint density at radius 1 is 0.393 bits per heavy atom. The molecule has 0 unspecified atom stereocenters. The van der Waals surface area contributed by atoms with Crippen LogP contribution in [0.4, 0.5) is 0 Å². The Hall–Kier alpha value is -12.3. The Labute approximate surface area is 644 Å². The van der Waals surface area contributed by atoms with Gasteiger partial charge in [0, 0.05) is 51.5 Å². The first-order chi connectivity index (χ1) is 52.7. The van der Waals surface area contributed by atoms with E-state index in [1.165, 1.54) is 49.9 Å². The smallest absolute Gasteiger partial charge is 0.322 e. The van der Waals surface area contributed by atoms with Gasteiger partial charge in [0.2, 0.25) is 88.6 Å². The van der Waals surface area contributed by atoms with Crippen LogP contribution in [0.5, 0.6) is 5.75 Å². The third-order valence-electron chi connectivity index (χ3n) is 16.1. The number of aliphatic carboxylic acids is 4. The molecule has 2 aromatic carbocycles. The summed E-state index contributed by atoms with van der Waals surface area (Å²) in [6.45, 7) is -0.511. The molecule has 618 valence electrons. The molecular formula is C67H99N19O25S. The fourth-order valence-electron chi connectivity index (χ4n) is 10.1. The van der Waals surface area contributed by atoms with Crippen LogP contribution in [0.25, 0.3) is 0 Å². The van der Waals surface area contributed by atoms with Gasteiger partial charge in [-0.05, 0) is 100 Å². The maximum atomic E-state index is 14.5. The van der Waals surface area contributed by atoms with E-state index < -0.39 is 275 Å². The number of aliphatic hydroxyl groups is 1. The Bertz CT molecular complexity index is 3650. The van der Waals surface area contributed by atoms with Crippen LogP contribution >= 0.6 is 11.8 Å². The van der Waals surface area contributed by atoms with Crippen molar-refractivity contribution in [2.24, 2.45) is 22.9 Å². The number of thioether (sulfide) groups is 1. The number of aromatic hydroxyl groups is 1. The first-order valence-corrected chi connectivity index (χ1v) is 36.2. The molecule has 29 N–H and O–H groups in total. The highest BCUT2D eigenvalue weighted by Gasteiger charge is 2.37. The molecule has 0 radical (unpaired) electrons. The van der Waals surface area contributed by atoms with Crippen LogP contribution < -0.4 is 97.4 Å². The maximum Gasteiger partial charge on any atom is 0.322 e. The highest BCUT2D eigenvalue weighted by molar-refractivity contribution is 7.98. The molecule has 0 spiro atoms. The van der Waals surface area contributed by atoms with Gasteiger partial charge in [-0.2, -0.15) is 11.8 Å². The molecule has 0 aliphatic heterocycles. The molecule has 0 aliphatic carbocycles. The van der Waals surface area contributed by atoms with Gasteiger partial charge in [-0.15, -0.1) is 0 Å². The average molecular weight is 1600 g/mol. The first kappa shape index (κ1) is 95.8. The van der Waals surface area contributed by atoms with E-state index in [0.717, 1.165) is 0 Å². The van der Waals surface area contributed by atoms with E-state index in [9.17, 15) is 117 Å². The molecule has 0 aliphatic rings. The molecule has 0 saturated heterocycles. The third-order valence-corrected chi connectivity index (χ3v) is 16.7. The topological polar surface area (TPSA) is 742 Å². The summed E-state index contributed by atoms with van der Waals surface area (Å²) < 4.78 is 0. The van der Waals surface area contributed by atoms with E-state index in [4.69, 9.17) is 33.5 Å². The number of benzene rings is 2. The molecule has 0 saturated carbocycles. The number of amides is 15. The van der Waals surface area contributed by atoms with E-state index in [1.54, 1.807) is 36.6 Å². The number of primary amides is 2. The van der Waals surface area contributed by atoms with Gasteiger partial charge in [0.05, 0.1) is 19.2 Å². The van der Waals surface area contributed by atoms with E-state index in [2.05, 4.69) is 74.4 Å². The second kappa shape index (κ2) is 50.4. The third kappa shape index (κ3) is 38.7. The predicted octanol–water partition coefficient (Wildman–Crippen LogP) is -8.67. The van der Waals surface area contributed by atoms with Crippen LogP contribution in [0.3, 0.4) is 0 Å². The van der Waals surface area contributed by atoms with Crippen LogP contribution in [0.2, 0.25) is 0 Å². The van der Waals surface area contributed by atoms with Crippen LogP contribution in [-0.2, 0) is 104 Å². The first-order valence-electron chi connectivity index (χ1n) is 34.8. The maximum absolute atomic E-state index is 14.5. The second-order valence-electron chi connectivity index (χ2n) is 25.3. The van der Waals surface area contributed by atoms with Gasteiger partial charge in [-0.25, -0.2) is 0 Å². The lowest BCUT2D eigenvalue weighted by Crippen LogP contribution is -2.60. The van der Waals surface area contributed by atoms with E-state index in [-0.39, 0.29) is 55.7 Å². The zero-order valence-electron chi connectivity index (χ0n) is 61.4. The monoisotopic (exact) mass is 1600 g/mol. The van der Waals surface area contributed by atoms with Gasteiger partial charge in [-0.1, -0.05) is 42.5 Å². The summed E-state index contributed by atoms with van der Waals surface area (Å²) in [6.07, 6.45) is -6.15. The zero-order valence-corrected chi connectivity index (χ0v) is 62.2. The lowest BCUT2D eigenvalue weighted by Gasteiger charge is -2.28. The van der Waals surface area contributed by atoms with E-state index in [1.807, 2.05) is 0 Å². The minimum atomic E-state index is -1.95. The number of hydrogen-bond donors (Lipinski definition) is 25. The number of hydrogen-bond acceptors (Lipinski definition) is 24. The molecule has 44 nitrogen and oxygen atoms in total. The van der Waals surface area contributed by atoms with Gasteiger partial charge >= 0.3 is 23.9 Å². The molecule has 12 atom stereocenters. The highest BCUT2D eigenvalue weighted by Crippen LogP contribution is 2.15. The molecule has 2 rings (SSSR count). The van der Waals surface area contributed by atoms with Crippen molar-refractivity contribution in [2.45, 2.75) is 183 Å². The number of aliphatic hydroxyl groups excluding tert-OH is 1. The van der Waals surface area contributed by atoms with Crippen molar-refractivity contribution in [3.8, 4) is 5.75 Å². The number of rotatable bonds is 54. The number of nitrogens with one attached hydrogen (secondary N) is 15. The lowest BCUT2D eigenvalue weighted by atomic mass is 10.0. The molecule has 0 fully saturated rings. The Kier molecular flexibility index (Phi) is 43.1. The summed E-state index contributed by atoms with van der Waals surface area (Å²) in [5.74, 6) is -23.0. The minimum Gasteiger partial charge on any atom is -0.508 e. The van der Waals surface area contributed by atoms with Crippen molar-refractivity contribution >= 4 is 130 Å². The highest BCUT2D eigenvalue weighted by atomic mass is 32.2. The van der Waals surface area contributed by atoms with Gasteiger partial charge in [0.25, 0.3) is 0 Å². The van der Waals surface area contributed by atoms with Crippen LogP contribution in [0.1, 0.15) is 108 Å². The summed E-state index contributed by atoms with van der Waals surface area (Å²) in [5, 5.41) is 98.1. The summed E-state index contributed by atoms with van der Waals surface area (Å²) in [6, 6.07) is -6.75. The van der Waals surface area contributed by atoms with E-state index >= 15 is 0 Å². The molecule has 45 heteroatoms. The number of phenols is 1. The number of carbonyl (C=O) groups excluding carboxylic acids is 15. The zero-order chi connectivity index (χ0) is 84.3. The van der Waals surface area contributed by atoms with Gasteiger partial charge in [0.15, 0.2) is 5.96 Å². The van der Waals surface area contributed by atoms with Crippen molar-refractivity contribution in [1.82, 2.24) is 74.4 Å². The SMILES string of the molecule is CSCC[C@H](NC(=O)[C@H](CCC(=O)O)NC(=O)[C@H](CCC(=O)O)NC(=O)[C@H](Cc1ccc(O)cc1)NC(=O)CNC(=O)[C@H](CCC(N)=O)NC(=O)[C@H](CCC(=O)O)NC(=O)[C@H](CO)NC(=O)[C@H](C)N)C(=O)N[C@@H](CCCNC(=N)N)C(=O)N[C@@H](C)C(=O)N[C@@H](Cc1ccccc1)C(=O)N[C@@H](CCC(N)=O)C(=O)NCC(=O)O. The Morgan fingerprint density at radius 2 is 0.741 bits per heavy atom. The lowest BCUT2D eigenvalue weighted by molar-refractivity contribution is -0.140. The summed E-state index contributed by atoms with van der Waals surface area (Å²) in [4.78, 5) is 250. The fraction of sp³-hybridized carbons (Fsp3) is 0.522. The van der Waals surface area contributed by atoms with Crippen LogP contribution in [0, 0.1) is 5.41 Å². The predicted molar refractivity (Wildman–Crippen MR) is 393 cm³/mol. The Balaban J connectivity index is 2.54. The Morgan fingerprint density at radius 3 is 1.13 bits per heavy atom. The summed E-state index contributed by atoms with van der Waals surface area (Å²) in [5.41, 5.74) is 22.3. The van der Waals surface area contributed by atoms with Crippen LogP contribution in [-0.4, -0.2) is 260 Å². The largest absolute Gasteiger partial charge is 0.508 e. The minimum absolute atomic E-state index is 0.00516. The standard InChI is InChI=1S/C67H99N19O25S/c1-33(68)55(100)86-47(32-87)66(111)83-43(19-24-53(96)97)60(105)79-39(15-20-48(69)89)57(102)74-30-50(91)77-45(29-36-11-13-37(88)14-12-36)64(109)82-42(18-23-52(94)95)61(106)81-41(17-22-51(92)93)62(107)84-44(25-27-112-3)63(108)78-38(10-7-26-73-67(71)72)59(104)76-34(2)56(101)85-46(28-35-8-5-4-6-9-35)65(110)80-40(16-21-49(70)90)58(103)75-31-54(98)99/h4-6,8-9,11-14,33-34,38-47,87-88H,7,10,15-32,68H2,1-3H3,(H2,69,89)(H2,70,90)(H,74,102)(H,75,103)(H,76,104)(H,77,91)(H,78,108)(H,79,105)(H,80,110)(H,81,106)(H,82,109)(H,83,111)(H,84,107)(H,85,101)(H,86,100)(H,92,93)(H,94,95)(H,96,97)(H,98,99)(H4,71,72,73)/t33-,34-,38-,39-,40-,41-,42-,43-,44-,45-,46-,47-/m0/s1. The van der Waals surface area contributed by atoms with Crippen LogP contribution in [0.15, 0.2) is 54.6 Å². The number of carbonyl (C=O) groups is 19. The number of phenolic OH excluding ortho intramolecular Hbond substituents is 1. The van der Waals surface area contributed by atoms with Crippen molar-refractivity contribution in [3.63, 3.8) is 0 Å². The normalized spacial score (nSPS) is 14.0. The number of carboxylic acid groups (broad SMARTS) is 4. The average Bonchev–Trinajstić information content (AvgIpc) is 0.854. The van der Waals surface area contributed by atoms with Crippen molar-refractivity contribution in [2.75, 3.05) is 38.2 Å². The molecule has 0 aromatic heterocycles. The van der Waals surface area contributed by atoms with Crippen molar-refractivity contribution in [1.29, 1.82) is 5.41 Å². The number of guanidine groups is 1. The van der Waals surface area contributed by atoms with Gasteiger partial charge in [-0.3, -0.25) is 96.5 Å². The molecule has 0 bridgehead atoms. The van der Waals surface area contributed by atoms with Gasteiger partial charge in [0.1, 0.15) is 78.8 Å². The van der Waals surface area contributed by atoms with Gasteiger partial charge < -0.3 is 128 Å². The molecule has 2 aromatic rings. The quantitative estimate of drug-likeness (QED) is 0.0166. The molecule has 0 heterocycles. The molecular weight excluding hydrogens is 1500 g/mol. The second-order valence-corrected chi connectivity index (χ2v) is 26.3. The van der Waals surface area contributed by atoms with E-state index in [0.29, 0.717) is 5.56 Å².